The van der Waals surface area contributed by atoms with Crippen molar-refractivity contribution in [3.63, 3.8) is 0 Å². The van der Waals surface area contributed by atoms with Crippen molar-refractivity contribution >= 4 is 46.1 Å². The van der Waals surface area contributed by atoms with Gasteiger partial charge >= 0.3 is 6.03 Å². The van der Waals surface area contributed by atoms with Gasteiger partial charge in [0.1, 0.15) is 0 Å². The van der Waals surface area contributed by atoms with E-state index in [0.717, 1.165) is 36.8 Å². The van der Waals surface area contributed by atoms with Crippen LogP contribution in [0.25, 0.3) is 22.2 Å². The molecule has 1 fully saturated rings. The number of carbonyl (C=O) groups is 1. The largest absolute Gasteiger partial charge is 0.505 e. The van der Waals surface area contributed by atoms with Crippen molar-refractivity contribution in [2.75, 3.05) is 5.32 Å². The summed E-state index contributed by atoms with van der Waals surface area (Å²) in [6.45, 7) is 0. The standard InChI is InChI=1S/C23H24Cl2N4O2/c24-17-10-15(11-18(25)22(17)30)14-8-9-19-20(12-14)28-21(13-26-19)29-23(31)27-16-6-4-2-1-3-5-7-16/h8-13,16,30H,1-7H2,(H2,27,28,29,31). The van der Waals surface area contributed by atoms with E-state index < -0.39 is 0 Å². The van der Waals surface area contributed by atoms with Crippen molar-refractivity contribution in [1.82, 2.24) is 15.3 Å². The lowest BCUT2D eigenvalue weighted by atomic mass is 9.97. The van der Waals surface area contributed by atoms with Crippen LogP contribution in [0.2, 0.25) is 10.0 Å². The lowest BCUT2D eigenvalue weighted by molar-refractivity contribution is 0.245. The number of anilines is 1. The van der Waals surface area contributed by atoms with Gasteiger partial charge in [-0.25, -0.2) is 9.78 Å². The SMILES string of the molecule is O=C(Nc1cnc2ccc(-c3cc(Cl)c(O)c(Cl)c3)cc2n1)NC1CCCCCCC1. The highest BCUT2D eigenvalue weighted by atomic mass is 35.5. The number of aromatic nitrogens is 2. The van der Waals surface area contributed by atoms with E-state index in [1.54, 1.807) is 18.3 Å². The van der Waals surface area contributed by atoms with Crippen LogP contribution in [-0.4, -0.2) is 27.1 Å². The molecule has 0 aliphatic heterocycles. The monoisotopic (exact) mass is 458 g/mol. The number of urea groups is 1. The Morgan fingerprint density at radius 1 is 0.935 bits per heavy atom. The molecule has 1 aliphatic carbocycles. The molecule has 2 amide bonds. The Bertz CT molecular complexity index is 1080. The van der Waals surface area contributed by atoms with Crippen LogP contribution in [0.3, 0.4) is 0 Å². The molecule has 2 aromatic carbocycles. The van der Waals surface area contributed by atoms with Gasteiger partial charge in [-0.2, -0.15) is 0 Å². The predicted molar refractivity (Wildman–Crippen MR) is 125 cm³/mol. The van der Waals surface area contributed by atoms with Crippen LogP contribution in [0.1, 0.15) is 44.9 Å². The van der Waals surface area contributed by atoms with Crippen molar-refractivity contribution in [2.45, 2.75) is 51.0 Å². The van der Waals surface area contributed by atoms with Gasteiger partial charge in [-0.1, -0.05) is 61.4 Å². The molecule has 4 rings (SSSR count). The topological polar surface area (TPSA) is 87.1 Å². The summed E-state index contributed by atoms with van der Waals surface area (Å²) in [6.07, 6.45) is 9.62. The molecule has 1 saturated carbocycles. The molecule has 162 valence electrons. The van der Waals surface area contributed by atoms with Gasteiger partial charge in [0.25, 0.3) is 0 Å². The summed E-state index contributed by atoms with van der Waals surface area (Å²) >= 11 is 12.1. The lowest BCUT2D eigenvalue weighted by Crippen LogP contribution is -2.38. The maximum Gasteiger partial charge on any atom is 0.320 e. The van der Waals surface area contributed by atoms with Gasteiger partial charge in [0.2, 0.25) is 0 Å². The van der Waals surface area contributed by atoms with Crippen LogP contribution >= 0.6 is 23.2 Å². The van der Waals surface area contributed by atoms with Crippen molar-refractivity contribution in [3.05, 3.63) is 46.6 Å². The maximum absolute atomic E-state index is 12.5. The second-order valence-electron chi connectivity index (χ2n) is 7.89. The minimum Gasteiger partial charge on any atom is -0.505 e. The van der Waals surface area contributed by atoms with Crippen molar-refractivity contribution < 1.29 is 9.90 Å². The van der Waals surface area contributed by atoms with Crippen molar-refractivity contribution in [1.29, 1.82) is 0 Å². The van der Waals surface area contributed by atoms with E-state index in [9.17, 15) is 9.90 Å². The molecule has 6 nitrogen and oxygen atoms in total. The Morgan fingerprint density at radius 2 is 1.61 bits per heavy atom. The lowest BCUT2D eigenvalue weighted by Gasteiger charge is -2.21. The maximum atomic E-state index is 12.5. The first-order valence-corrected chi connectivity index (χ1v) is 11.3. The van der Waals surface area contributed by atoms with Crippen LogP contribution < -0.4 is 10.6 Å². The Hall–Kier alpha value is -2.57. The molecule has 0 radical (unpaired) electrons. The first-order valence-electron chi connectivity index (χ1n) is 10.5. The first-order chi connectivity index (χ1) is 15.0. The molecule has 1 heterocycles. The quantitative estimate of drug-likeness (QED) is 0.415. The molecule has 0 saturated heterocycles. The van der Waals surface area contributed by atoms with E-state index in [2.05, 4.69) is 20.6 Å². The number of nitrogens with one attached hydrogen (secondary N) is 2. The Labute approximate surface area is 191 Å². The minimum absolute atomic E-state index is 0.144. The molecule has 31 heavy (non-hydrogen) atoms. The normalized spacial score (nSPS) is 15.3. The number of halogens is 2. The molecule has 0 unspecified atom stereocenters. The number of hydrogen-bond donors (Lipinski definition) is 3. The Balaban J connectivity index is 1.51. The summed E-state index contributed by atoms with van der Waals surface area (Å²) < 4.78 is 0. The predicted octanol–water partition coefficient (Wildman–Crippen LogP) is 6.54. The second kappa shape index (κ2) is 9.71. The van der Waals surface area contributed by atoms with Crippen molar-refractivity contribution in [3.8, 4) is 16.9 Å². The molecular formula is C23H24Cl2N4O2. The third-order valence-corrected chi connectivity index (χ3v) is 6.15. The van der Waals surface area contributed by atoms with Crippen molar-refractivity contribution in [2.24, 2.45) is 0 Å². The average Bonchev–Trinajstić information content (AvgIpc) is 2.73. The van der Waals surface area contributed by atoms with E-state index in [1.807, 2.05) is 18.2 Å². The zero-order valence-electron chi connectivity index (χ0n) is 17.0. The summed E-state index contributed by atoms with van der Waals surface area (Å²) in [5, 5.41) is 16.0. The molecule has 0 atom stereocenters. The number of hydrogen-bond acceptors (Lipinski definition) is 4. The number of benzene rings is 2. The smallest absolute Gasteiger partial charge is 0.320 e. The van der Waals surface area contributed by atoms with Gasteiger partial charge in [-0.15, -0.1) is 0 Å². The van der Waals surface area contributed by atoms with Gasteiger partial charge in [0, 0.05) is 6.04 Å². The fourth-order valence-electron chi connectivity index (χ4n) is 3.92. The van der Waals surface area contributed by atoms with E-state index >= 15 is 0 Å². The highest BCUT2D eigenvalue weighted by molar-refractivity contribution is 6.37. The number of nitrogens with zero attached hydrogens (tertiary/aromatic N) is 2. The Kier molecular flexibility index (Phi) is 6.78. The van der Waals surface area contributed by atoms with Gasteiger partial charge in [-0.3, -0.25) is 10.3 Å². The number of phenolic OH excluding ortho intramolecular Hbond substituents is 1. The van der Waals surface area contributed by atoms with Gasteiger partial charge in [-0.05, 0) is 48.2 Å². The van der Waals surface area contributed by atoms with E-state index in [4.69, 9.17) is 23.2 Å². The zero-order chi connectivity index (χ0) is 21.8. The van der Waals surface area contributed by atoms with Crippen LogP contribution in [0.4, 0.5) is 10.6 Å². The zero-order valence-corrected chi connectivity index (χ0v) is 18.5. The highest BCUT2D eigenvalue weighted by Gasteiger charge is 2.15. The van der Waals surface area contributed by atoms with Crippen LogP contribution in [-0.2, 0) is 0 Å². The van der Waals surface area contributed by atoms with Crippen LogP contribution in [0, 0.1) is 0 Å². The van der Waals surface area contributed by atoms with Gasteiger partial charge < -0.3 is 10.4 Å². The fourth-order valence-corrected chi connectivity index (χ4v) is 4.41. The summed E-state index contributed by atoms with van der Waals surface area (Å²) in [7, 11) is 0. The Morgan fingerprint density at radius 3 is 2.32 bits per heavy atom. The molecule has 0 bridgehead atoms. The number of phenols is 1. The van der Waals surface area contributed by atoms with E-state index in [0.29, 0.717) is 16.9 Å². The number of rotatable bonds is 3. The molecule has 8 heteroatoms. The third-order valence-electron chi connectivity index (χ3n) is 5.57. The summed E-state index contributed by atoms with van der Waals surface area (Å²) in [4.78, 5) is 21.4. The summed E-state index contributed by atoms with van der Waals surface area (Å²) in [5.74, 6) is 0.240. The molecule has 0 spiro atoms. The summed E-state index contributed by atoms with van der Waals surface area (Å²) in [5.41, 5.74) is 2.89. The minimum atomic E-state index is -0.257. The van der Waals surface area contributed by atoms with E-state index in [-0.39, 0.29) is 27.9 Å². The molecule has 1 aromatic heterocycles. The number of carbonyl (C=O) groups excluding carboxylic acids is 1. The average molecular weight is 459 g/mol. The fraction of sp³-hybridized carbons (Fsp3) is 0.348. The van der Waals surface area contributed by atoms with Crippen LogP contribution in [0.5, 0.6) is 5.75 Å². The summed E-state index contributed by atoms with van der Waals surface area (Å²) in [6, 6.07) is 8.79. The highest BCUT2D eigenvalue weighted by Crippen LogP contribution is 2.36. The number of fused-ring (bicyclic) bond motifs is 1. The number of aromatic hydroxyl groups is 1. The van der Waals surface area contributed by atoms with Crippen LogP contribution in [0.15, 0.2) is 36.5 Å². The first kappa shape index (κ1) is 21.7. The number of amides is 2. The second-order valence-corrected chi connectivity index (χ2v) is 8.70. The molecule has 3 N–H and O–H groups in total. The third kappa shape index (κ3) is 5.38. The van der Waals surface area contributed by atoms with E-state index in [1.165, 1.54) is 19.3 Å². The van der Waals surface area contributed by atoms with Gasteiger partial charge in [0.15, 0.2) is 11.6 Å². The molecule has 3 aromatic rings. The molecule has 1 aliphatic rings. The molecular weight excluding hydrogens is 435 g/mol. The van der Waals surface area contributed by atoms with Gasteiger partial charge in [0.05, 0.1) is 27.3 Å².